The number of benzene rings is 3. The van der Waals surface area contributed by atoms with Crippen LogP contribution >= 0.6 is 0 Å². The molecule has 3 amide bonds. The van der Waals surface area contributed by atoms with Crippen LogP contribution in [-0.4, -0.2) is 59.7 Å². The van der Waals surface area contributed by atoms with Crippen molar-refractivity contribution >= 4 is 29.1 Å². The summed E-state index contributed by atoms with van der Waals surface area (Å²) >= 11 is 0. The minimum absolute atomic E-state index is 0.242. The van der Waals surface area contributed by atoms with E-state index in [1.807, 2.05) is 44.2 Å². The first kappa shape index (κ1) is 24.7. The summed E-state index contributed by atoms with van der Waals surface area (Å²) in [5.74, 6) is -1.45. The quantitative estimate of drug-likeness (QED) is 0.495. The number of carbonyl (C=O) groups excluding carboxylic acids is 3. The maximum atomic E-state index is 13.3. The highest BCUT2D eigenvalue weighted by atomic mass is 16.2. The number of piperazine rings is 1. The van der Waals surface area contributed by atoms with Gasteiger partial charge in [0.1, 0.15) is 6.04 Å². The number of nitrogens with zero attached hydrogens (tertiary/aromatic N) is 3. The molecule has 0 radical (unpaired) electrons. The molecule has 1 fully saturated rings. The first-order valence-electron chi connectivity index (χ1n) is 12.8. The van der Waals surface area contributed by atoms with Gasteiger partial charge in [0.2, 0.25) is 5.91 Å². The molecule has 1 N–H and O–H groups in total. The van der Waals surface area contributed by atoms with E-state index in [0.717, 1.165) is 43.3 Å². The largest absolute Gasteiger partial charge is 0.369 e. The predicted molar refractivity (Wildman–Crippen MR) is 145 cm³/mol. The molecule has 0 aromatic heterocycles. The first-order chi connectivity index (χ1) is 17.9. The third kappa shape index (κ3) is 5.13. The van der Waals surface area contributed by atoms with Gasteiger partial charge in [-0.2, -0.15) is 0 Å². The van der Waals surface area contributed by atoms with E-state index in [9.17, 15) is 14.4 Å². The number of hydrogen-bond donors (Lipinski definition) is 1. The van der Waals surface area contributed by atoms with Crippen molar-refractivity contribution in [2.45, 2.75) is 26.4 Å². The van der Waals surface area contributed by atoms with Crippen LogP contribution in [0, 0.1) is 5.92 Å². The summed E-state index contributed by atoms with van der Waals surface area (Å²) in [5.41, 5.74) is 3.77. The Morgan fingerprint density at radius 1 is 0.784 bits per heavy atom. The zero-order valence-corrected chi connectivity index (χ0v) is 21.3. The van der Waals surface area contributed by atoms with Crippen LogP contribution in [0.1, 0.15) is 40.1 Å². The van der Waals surface area contributed by atoms with Gasteiger partial charge in [0.15, 0.2) is 0 Å². The highest BCUT2D eigenvalue weighted by Gasteiger charge is 2.43. The van der Waals surface area contributed by atoms with E-state index >= 15 is 0 Å². The van der Waals surface area contributed by atoms with Crippen LogP contribution in [0.3, 0.4) is 0 Å². The van der Waals surface area contributed by atoms with E-state index in [2.05, 4.69) is 39.4 Å². The maximum Gasteiger partial charge on any atom is 0.262 e. The smallest absolute Gasteiger partial charge is 0.262 e. The topological polar surface area (TPSA) is 73.0 Å². The summed E-state index contributed by atoms with van der Waals surface area (Å²) in [6, 6.07) is 24.1. The number of hydrogen-bond acceptors (Lipinski definition) is 5. The molecule has 7 heteroatoms. The molecule has 1 unspecified atom stereocenters. The highest BCUT2D eigenvalue weighted by molar-refractivity contribution is 6.23. The van der Waals surface area contributed by atoms with Gasteiger partial charge < -0.3 is 10.2 Å². The van der Waals surface area contributed by atoms with Gasteiger partial charge in [0.05, 0.1) is 11.1 Å². The van der Waals surface area contributed by atoms with Gasteiger partial charge in [-0.3, -0.25) is 24.2 Å². The number of rotatable bonds is 7. The average molecular weight is 497 g/mol. The third-order valence-electron chi connectivity index (χ3n) is 7.13. The Kier molecular flexibility index (Phi) is 7.06. The molecule has 2 aliphatic rings. The van der Waals surface area contributed by atoms with Gasteiger partial charge in [-0.25, -0.2) is 0 Å². The minimum Gasteiger partial charge on any atom is -0.369 e. The van der Waals surface area contributed by atoms with Gasteiger partial charge in [-0.15, -0.1) is 0 Å². The zero-order chi connectivity index (χ0) is 25.9. The molecule has 5 rings (SSSR count). The van der Waals surface area contributed by atoms with E-state index in [-0.39, 0.29) is 11.8 Å². The summed E-state index contributed by atoms with van der Waals surface area (Å²) in [6.45, 7) is 8.50. The maximum absolute atomic E-state index is 13.3. The van der Waals surface area contributed by atoms with Crippen molar-refractivity contribution in [3.63, 3.8) is 0 Å². The molecule has 3 aromatic carbocycles. The molecule has 0 bridgehead atoms. The number of nitrogens with one attached hydrogen (secondary N) is 1. The average Bonchev–Trinajstić information content (AvgIpc) is 3.16. The lowest BCUT2D eigenvalue weighted by Crippen LogP contribution is -2.50. The van der Waals surface area contributed by atoms with E-state index in [4.69, 9.17) is 0 Å². The van der Waals surface area contributed by atoms with E-state index in [1.54, 1.807) is 24.3 Å². The van der Waals surface area contributed by atoms with Crippen molar-refractivity contribution in [1.82, 2.24) is 9.80 Å². The molecule has 7 nitrogen and oxygen atoms in total. The molecular weight excluding hydrogens is 464 g/mol. The molecule has 3 aromatic rings. The van der Waals surface area contributed by atoms with Crippen molar-refractivity contribution in [3.05, 3.63) is 95.6 Å². The summed E-state index contributed by atoms with van der Waals surface area (Å²) in [4.78, 5) is 45.1. The number of fused-ring (bicyclic) bond motifs is 1. The Bertz CT molecular complexity index is 1250. The second kappa shape index (κ2) is 10.6. The van der Waals surface area contributed by atoms with Crippen molar-refractivity contribution in [1.29, 1.82) is 0 Å². The summed E-state index contributed by atoms with van der Waals surface area (Å²) in [7, 11) is 0. The minimum atomic E-state index is -0.898. The third-order valence-corrected chi connectivity index (χ3v) is 7.13. The van der Waals surface area contributed by atoms with Crippen LogP contribution in [0.4, 0.5) is 11.4 Å². The van der Waals surface area contributed by atoms with E-state index in [0.29, 0.717) is 16.8 Å². The van der Waals surface area contributed by atoms with Gasteiger partial charge in [0.25, 0.3) is 11.8 Å². The number of carbonyl (C=O) groups is 3. The Hall–Kier alpha value is -3.97. The van der Waals surface area contributed by atoms with Crippen molar-refractivity contribution in [2.75, 3.05) is 36.4 Å². The predicted octanol–water partition coefficient (Wildman–Crippen LogP) is 4.27. The molecule has 0 saturated carbocycles. The van der Waals surface area contributed by atoms with Crippen LogP contribution in [0.25, 0.3) is 0 Å². The van der Waals surface area contributed by atoms with E-state index in [1.165, 1.54) is 5.56 Å². The lowest BCUT2D eigenvalue weighted by Gasteiger charge is -2.36. The summed E-state index contributed by atoms with van der Waals surface area (Å²) in [5, 5.41) is 2.92. The fourth-order valence-corrected chi connectivity index (χ4v) is 5.16. The number of amides is 3. The zero-order valence-electron chi connectivity index (χ0n) is 21.3. The molecule has 1 atom stereocenters. The van der Waals surface area contributed by atoms with Crippen LogP contribution in [0.5, 0.6) is 0 Å². The first-order valence-corrected chi connectivity index (χ1v) is 12.8. The summed E-state index contributed by atoms with van der Waals surface area (Å²) in [6.07, 6.45) is 0. The van der Waals surface area contributed by atoms with Crippen molar-refractivity contribution < 1.29 is 14.4 Å². The van der Waals surface area contributed by atoms with Crippen LogP contribution < -0.4 is 10.2 Å². The molecule has 37 heavy (non-hydrogen) atoms. The Morgan fingerprint density at radius 2 is 1.35 bits per heavy atom. The molecular formula is C30H32N4O3. The Morgan fingerprint density at radius 3 is 1.92 bits per heavy atom. The van der Waals surface area contributed by atoms with Crippen molar-refractivity contribution in [2.24, 2.45) is 5.92 Å². The SMILES string of the molecule is CC(C)C(C(=O)Nc1ccc(N2CCN(Cc3ccccc3)CC2)cc1)N1C(=O)c2ccccc2C1=O. The van der Waals surface area contributed by atoms with Crippen molar-refractivity contribution in [3.8, 4) is 0 Å². The molecule has 0 spiro atoms. The summed E-state index contributed by atoms with van der Waals surface area (Å²) < 4.78 is 0. The highest BCUT2D eigenvalue weighted by Crippen LogP contribution is 2.28. The monoisotopic (exact) mass is 496 g/mol. The van der Waals surface area contributed by atoms with E-state index < -0.39 is 17.9 Å². The fourth-order valence-electron chi connectivity index (χ4n) is 5.16. The Labute approximate surface area is 217 Å². The van der Waals surface area contributed by atoms with Gasteiger partial charge in [-0.05, 0) is 47.9 Å². The van der Waals surface area contributed by atoms with Gasteiger partial charge in [-0.1, -0.05) is 56.3 Å². The van der Waals surface area contributed by atoms with Crippen LogP contribution in [-0.2, 0) is 11.3 Å². The second-order valence-electron chi connectivity index (χ2n) is 10.00. The number of imide groups is 1. The second-order valence-corrected chi connectivity index (χ2v) is 10.00. The molecule has 2 aliphatic heterocycles. The lowest BCUT2D eigenvalue weighted by atomic mass is 10.0. The lowest BCUT2D eigenvalue weighted by molar-refractivity contribution is -0.121. The molecule has 1 saturated heterocycles. The normalized spacial score (nSPS) is 16.7. The molecule has 0 aliphatic carbocycles. The van der Waals surface area contributed by atoms with Crippen LogP contribution in [0.15, 0.2) is 78.9 Å². The standard InChI is InChI=1S/C30H32N4O3/c1-21(2)27(34-29(36)25-10-6-7-11-26(25)30(34)37)28(35)31-23-12-14-24(15-13-23)33-18-16-32(17-19-33)20-22-8-4-3-5-9-22/h3-15,21,27H,16-20H2,1-2H3,(H,31,35). The van der Waals surface area contributed by atoms with Crippen LogP contribution in [0.2, 0.25) is 0 Å². The Balaban J connectivity index is 1.21. The molecule has 2 heterocycles. The fraction of sp³-hybridized carbons (Fsp3) is 0.300. The van der Waals surface area contributed by atoms with Gasteiger partial charge in [0, 0.05) is 44.1 Å². The molecule has 190 valence electrons. The number of anilines is 2. The van der Waals surface area contributed by atoms with Gasteiger partial charge >= 0.3 is 0 Å².